The maximum Gasteiger partial charge on any atom is 0.254 e. The molecule has 1 amide bonds. The lowest BCUT2D eigenvalue weighted by molar-refractivity contribution is 0.0605. The van der Waals surface area contributed by atoms with Crippen molar-refractivity contribution >= 4 is 24.1 Å². The zero-order valence-corrected chi connectivity index (χ0v) is 19.9. The van der Waals surface area contributed by atoms with Gasteiger partial charge in [-0.2, -0.15) is 5.10 Å². The molecule has 2 aliphatic rings. The largest absolute Gasteiger partial charge is 0.330 e. The third kappa shape index (κ3) is 4.15. The number of aliphatic imine (C=N–C) groups is 1. The van der Waals surface area contributed by atoms with E-state index in [1.165, 1.54) is 6.92 Å². The van der Waals surface area contributed by atoms with E-state index in [9.17, 15) is 9.59 Å². The number of hydrogen-bond acceptors (Lipinski definition) is 5. The third-order valence-corrected chi connectivity index (χ3v) is 7.36. The van der Waals surface area contributed by atoms with Crippen molar-refractivity contribution in [1.29, 1.82) is 0 Å². The number of benzene rings is 1. The van der Waals surface area contributed by atoms with Gasteiger partial charge in [0.1, 0.15) is 0 Å². The molecule has 3 atom stereocenters. The molecule has 5 rings (SSSR count). The number of piperidine rings is 1. The number of amides is 1. The lowest BCUT2D eigenvalue weighted by atomic mass is 9.97. The number of rotatable bonds is 5. The maximum atomic E-state index is 13.5. The van der Waals surface area contributed by atoms with Crippen LogP contribution in [0, 0.1) is 6.92 Å². The van der Waals surface area contributed by atoms with Crippen LogP contribution in [0.5, 0.6) is 0 Å². The van der Waals surface area contributed by atoms with E-state index in [1.54, 1.807) is 24.3 Å². The minimum absolute atomic E-state index is 0.0418. The molecule has 1 aliphatic heterocycles. The first-order chi connectivity index (χ1) is 16.4. The Balaban J connectivity index is 1.45. The molecule has 1 aromatic carbocycles. The Morgan fingerprint density at radius 3 is 2.71 bits per heavy atom. The number of ketones is 1. The van der Waals surface area contributed by atoms with Gasteiger partial charge in [0.15, 0.2) is 11.4 Å². The lowest BCUT2D eigenvalue weighted by Crippen LogP contribution is -2.38. The number of hydrogen-bond donors (Lipinski definition) is 0. The summed E-state index contributed by atoms with van der Waals surface area (Å²) >= 11 is 0. The smallest absolute Gasteiger partial charge is 0.254 e. The molecule has 7 heteroatoms. The second-order valence-electron chi connectivity index (χ2n) is 9.67. The summed E-state index contributed by atoms with van der Waals surface area (Å²) in [5.41, 5.74) is 5.06. The van der Waals surface area contributed by atoms with Crippen LogP contribution in [0.25, 0.3) is 5.65 Å². The zero-order valence-electron chi connectivity index (χ0n) is 19.9. The molecule has 0 radical (unpaired) electrons. The highest BCUT2D eigenvalue weighted by Gasteiger charge is 2.32. The predicted octanol–water partition coefficient (Wildman–Crippen LogP) is 4.94. The molecule has 34 heavy (non-hydrogen) atoms. The Bertz CT molecular complexity index is 1260. The first kappa shape index (κ1) is 22.4. The topological polar surface area (TPSA) is 79.9 Å². The molecule has 3 heterocycles. The highest BCUT2D eigenvalue weighted by Crippen LogP contribution is 2.37. The van der Waals surface area contributed by atoms with Crippen LogP contribution in [0.15, 0.2) is 41.5 Å². The molecule has 0 bridgehead atoms. The Hall–Kier alpha value is -3.35. The van der Waals surface area contributed by atoms with Gasteiger partial charge in [-0.25, -0.2) is 9.50 Å². The predicted molar refractivity (Wildman–Crippen MR) is 132 cm³/mol. The van der Waals surface area contributed by atoms with Crippen molar-refractivity contribution in [2.24, 2.45) is 4.99 Å². The van der Waals surface area contributed by atoms with E-state index in [2.05, 4.69) is 24.8 Å². The molecule has 2 fully saturated rings. The maximum absolute atomic E-state index is 13.5. The van der Waals surface area contributed by atoms with Crippen molar-refractivity contribution in [3.05, 3.63) is 64.6 Å². The Morgan fingerprint density at radius 2 is 1.94 bits per heavy atom. The molecule has 0 spiro atoms. The molecular formula is C27H31N5O2. The Labute approximate surface area is 199 Å². The minimum Gasteiger partial charge on any atom is -0.330 e. The third-order valence-electron chi connectivity index (χ3n) is 7.36. The molecular weight excluding hydrogens is 426 g/mol. The van der Waals surface area contributed by atoms with Gasteiger partial charge in [0.05, 0.1) is 17.4 Å². The molecule has 2 aromatic heterocycles. The van der Waals surface area contributed by atoms with Gasteiger partial charge in [0.2, 0.25) is 0 Å². The van der Waals surface area contributed by atoms with Crippen LogP contribution < -0.4 is 0 Å². The van der Waals surface area contributed by atoms with E-state index in [-0.39, 0.29) is 17.7 Å². The molecule has 1 saturated carbocycles. The number of likely N-dealkylation sites (tertiary alicyclic amines) is 1. The van der Waals surface area contributed by atoms with Crippen molar-refractivity contribution in [2.45, 2.75) is 70.4 Å². The van der Waals surface area contributed by atoms with Crippen LogP contribution in [0.4, 0.5) is 0 Å². The van der Waals surface area contributed by atoms with Gasteiger partial charge < -0.3 is 4.90 Å². The SMILES string of the molecule is C=N[C@H]1CCC(c2nc3cc([C@@H]4CCCCN4C(=O)c4cccc(C(C)=O)c4)nn3cc2C)C1. The Morgan fingerprint density at radius 1 is 1.12 bits per heavy atom. The molecule has 7 nitrogen and oxygen atoms in total. The molecule has 1 aliphatic carbocycles. The van der Waals surface area contributed by atoms with E-state index < -0.39 is 0 Å². The average molecular weight is 458 g/mol. The second kappa shape index (κ2) is 9.12. The summed E-state index contributed by atoms with van der Waals surface area (Å²) in [5.74, 6) is 0.309. The van der Waals surface area contributed by atoms with Crippen molar-refractivity contribution in [3.63, 3.8) is 0 Å². The van der Waals surface area contributed by atoms with E-state index >= 15 is 0 Å². The number of aryl methyl sites for hydroxylation is 1. The van der Waals surface area contributed by atoms with Crippen LogP contribution in [-0.4, -0.2) is 50.5 Å². The molecule has 3 aromatic rings. The van der Waals surface area contributed by atoms with Crippen molar-refractivity contribution in [1.82, 2.24) is 19.5 Å². The molecule has 0 N–H and O–H groups in total. The quantitative estimate of drug-likeness (QED) is 0.401. The summed E-state index contributed by atoms with van der Waals surface area (Å²) < 4.78 is 1.85. The van der Waals surface area contributed by atoms with Crippen LogP contribution >= 0.6 is 0 Å². The summed E-state index contributed by atoms with van der Waals surface area (Å²) in [5, 5.41) is 4.85. The fourth-order valence-corrected chi connectivity index (χ4v) is 5.51. The summed E-state index contributed by atoms with van der Waals surface area (Å²) in [6, 6.07) is 9.26. The number of carbonyl (C=O) groups is 2. The number of nitrogens with zero attached hydrogens (tertiary/aromatic N) is 5. The van der Waals surface area contributed by atoms with Crippen LogP contribution in [0.1, 0.15) is 95.1 Å². The van der Waals surface area contributed by atoms with Crippen LogP contribution in [-0.2, 0) is 0 Å². The van der Waals surface area contributed by atoms with Crippen molar-refractivity contribution < 1.29 is 9.59 Å². The summed E-state index contributed by atoms with van der Waals surface area (Å²) in [7, 11) is 0. The van der Waals surface area contributed by atoms with Crippen LogP contribution in [0.2, 0.25) is 0 Å². The molecule has 1 unspecified atom stereocenters. The van der Waals surface area contributed by atoms with Gasteiger partial charge in [-0.1, -0.05) is 12.1 Å². The highest BCUT2D eigenvalue weighted by molar-refractivity contribution is 5.99. The highest BCUT2D eigenvalue weighted by atomic mass is 16.2. The average Bonchev–Trinajstić information content (AvgIpc) is 3.49. The van der Waals surface area contributed by atoms with E-state index in [1.807, 2.05) is 15.5 Å². The Kier molecular flexibility index (Phi) is 6.02. The minimum atomic E-state index is -0.103. The fourth-order valence-electron chi connectivity index (χ4n) is 5.51. The first-order valence-corrected chi connectivity index (χ1v) is 12.2. The molecule has 176 valence electrons. The number of aromatic nitrogens is 3. The normalized spacial score (nSPS) is 22.8. The van der Waals surface area contributed by atoms with Crippen molar-refractivity contribution in [2.75, 3.05) is 6.54 Å². The first-order valence-electron chi connectivity index (χ1n) is 12.2. The van der Waals surface area contributed by atoms with Gasteiger partial charge in [0.25, 0.3) is 5.91 Å². The van der Waals surface area contributed by atoms with Gasteiger partial charge in [0, 0.05) is 41.9 Å². The van der Waals surface area contributed by atoms with Gasteiger partial charge >= 0.3 is 0 Å². The van der Waals surface area contributed by atoms with E-state index in [4.69, 9.17) is 10.1 Å². The number of carbonyl (C=O) groups excluding carboxylic acids is 2. The van der Waals surface area contributed by atoms with E-state index in [0.29, 0.717) is 29.6 Å². The molecule has 1 saturated heterocycles. The summed E-state index contributed by atoms with van der Waals surface area (Å²) in [6.45, 7) is 8.01. The van der Waals surface area contributed by atoms with Crippen LogP contribution in [0.3, 0.4) is 0 Å². The van der Waals surface area contributed by atoms with Gasteiger partial charge in [-0.05, 0) is 76.8 Å². The second-order valence-corrected chi connectivity index (χ2v) is 9.67. The monoisotopic (exact) mass is 457 g/mol. The van der Waals surface area contributed by atoms with Crippen molar-refractivity contribution in [3.8, 4) is 0 Å². The van der Waals surface area contributed by atoms with Gasteiger partial charge in [-0.15, -0.1) is 0 Å². The number of Topliss-reactive ketones (excluding diaryl/α,β-unsaturated/α-hetero) is 1. The van der Waals surface area contributed by atoms with E-state index in [0.717, 1.165) is 61.1 Å². The standard InChI is InChI=1S/C27H31N5O2/c1-17-16-32-25(29-26(17)20-10-11-22(14-20)28-3)15-23(30-32)24-9-4-5-12-31(24)27(34)21-8-6-7-19(13-21)18(2)33/h6-8,13,15-16,20,22,24H,3-5,9-12,14H2,1-2H3/t20?,22-,24-/m0/s1. The summed E-state index contributed by atoms with van der Waals surface area (Å²) in [4.78, 5) is 36.4. The van der Waals surface area contributed by atoms with Gasteiger partial charge in [-0.3, -0.25) is 14.6 Å². The zero-order chi connectivity index (χ0) is 23.8. The fraction of sp³-hybridized carbons (Fsp3) is 0.444. The summed E-state index contributed by atoms with van der Waals surface area (Å²) in [6.07, 6.45) is 8.08. The lowest BCUT2D eigenvalue weighted by Gasteiger charge is -2.34. The number of fused-ring (bicyclic) bond motifs is 1.